The van der Waals surface area contributed by atoms with Gasteiger partial charge < -0.3 is 29.4 Å². The van der Waals surface area contributed by atoms with E-state index in [9.17, 15) is 0 Å². The van der Waals surface area contributed by atoms with Crippen LogP contribution in [0.5, 0.6) is 5.75 Å². The third-order valence-corrected chi connectivity index (χ3v) is 2.87. The Morgan fingerprint density at radius 2 is 1.40 bits per heavy atom. The van der Waals surface area contributed by atoms with E-state index in [0.29, 0.717) is 71.7 Å². The molecule has 0 spiro atoms. The molecule has 0 fully saturated rings. The average molecular weight is 354 g/mol. The highest BCUT2D eigenvalue weighted by Gasteiger charge is 1.95. The van der Waals surface area contributed by atoms with Crippen molar-refractivity contribution in [1.82, 2.24) is 0 Å². The standard InChI is InChI=1S/C16H26N4O5/c17-15-2-1-3-16(14-15)25-13-12-24-11-10-23-9-8-22-7-6-21-5-4-19-20-18/h1-3,14H,4-13,17H2. The molecule has 25 heavy (non-hydrogen) atoms. The van der Waals surface area contributed by atoms with E-state index in [1.807, 2.05) is 18.2 Å². The molecule has 140 valence electrons. The Labute approximate surface area is 147 Å². The maximum atomic E-state index is 8.07. The van der Waals surface area contributed by atoms with E-state index in [1.165, 1.54) is 0 Å². The van der Waals surface area contributed by atoms with E-state index < -0.39 is 0 Å². The topological polar surface area (TPSA) is 121 Å². The second kappa shape index (κ2) is 15.5. The van der Waals surface area contributed by atoms with Crippen molar-refractivity contribution in [2.75, 3.05) is 71.7 Å². The number of anilines is 1. The molecule has 0 bridgehead atoms. The third-order valence-electron chi connectivity index (χ3n) is 2.87. The third kappa shape index (κ3) is 13.0. The summed E-state index contributed by atoms with van der Waals surface area (Å²) in [6.07, 6.45) is 0. The molecule has 0 radical (unpaired) electrons. The molecule has 0 unspecified atom stereocenters. The van der Waals surface area contributed by atoms with Gasteiger partial charge in [0.2, 0.25) is 0 Å². The van der Waals surface area contributed by atoms with Gasteiger partial charge >= 0.3 is 0 Å². The molecule has 1 rings (SSSR count). The van der Waals surface area contributed by atoms with Crippen LogP contribution in [0, 0.1) is 0 Å². The lowest BCUT2D eigenvalue weighted by molar-refractivity contribution is -0.00386. The van der Waals surface area contributed by atoms with Crippen LogP contribution < -0.4 is 10.5 Å². The molecule has 0 saturated carbocycles. The van der Waals surface area contributed by atoms with Crippen molar-refractivity contribution in [1.29, 1.82) is 0 Å². The number of azide groups is 1. The first kappa shape index (κ1) is 21.0. The first-order valence-electron chi connectivity index (χ1n) is 8.13. The summed E-state index contributed by atoms with van der Waals surface area (Å²) in [6.45, 7) is 4.66. The molecule has 1 aromatic carbocycles. The predicted octanol–water partition coefficient (Wildman–Crippen LogP) is 2.02. The fraction of sp³-hybridized carbons (Fsp3) is 0.625. The van der Waals surface area contributed by atoms with E-state index in [0.717, 1.165) is 5.75 Å². The summed E-state index contributed by atoms with van der Waals surface area (Å²) in [5.74, 6) is 0.735. The van der Waals surface area contributed by atoms with Gasteiger partial charge in [0, 0.05) is 23.2 Å². The quantitative estimate of drug-likeness (QED) is 0.159. The van der Waals surface area contributed by atoms with Crippen LogP contribution in [0.25, 0.3) is 10.4 Å². The molecule has 0 aromatic heterocycles. The molecule has 0 aliphatic carbocycles. The van der Waals surface area contributed by atoms with Crippen LogP contribution >= 0.6 is 0 Å². The van der Waals surface area contributed by atoms with Gasteiger partial charge in [0.25, 0.3) is 0 Å². The molecular formula is C16H26N4O5. The molecule has 9 heteroatoms. The summed E-state index contributed by atoms with van der Waals surface area (Å²) in [6, 6.07) is 7.28. The van der Waals surface area contributed by atoms with Crippen LogP contribution in [0.1, 0.15) is 0 Å². The Kier molecular flexibility index (Phi) is 13.0. The zero-order chi connectivity index (χ0) is 18.0. The number of hydrogen-bond donors (Lipinski definition) is 1. The van der Waals surface area contributed by atoms with Crippen molar-refractivity contribution in [2.45, 2.75) is 0 Å². The second-order valence-electron chi connectivity index (χ2n) is 4.82. The summed E-state index contributed by atoms with van der Waals surface area (Å²) >= 11 is 0. The highest BCUT2D eigenvalue weighted by Crippen LogP contribution is 2.13. The van der Waals surface area contributed by atoms with E-state index in [1.54, 1.807) is 6.07 Å². The summed E-state index contributed by atoms with van der Waals surface area (Å²) in [7, 11) is 0. The first-order chi connectivity index (χ1) is 12.3. The van der Waals surface area contributed by atoms with Crippen LogP contribution in [-0.2, 0) is 18.9 Å². The van der Waals surface area contributed by atoms with E-state index in [-0.39, 0.29) is 0 Å². The molecule has 0 aliphatic rings. The number of hydrogen-bond acceptors (Lipinski definition) is 7. The molecule has 2 N–H and O–H groups in total. The van der Waals surface area contributed by atoms with Crippen molar-refractivity contribution >= 4 is 5.69 Å². The van der Waals surface area contributed by atoms with E-state index in [2.05, 4.69) is 10.0 Å². The minimum Gasteiger partial charge on any atom is -0.491 e. The largest absolute Gasteiger partial charge is 0.491 e. The molecule has 0 aliphatic heterocycles. The number of nitrogen functional groups attached to an aromatic ring is 1. The smallest absolute Gasteiger partial charge is 0.121 e. The minimum atomic E-state index is 0.337. The molecule has 0 amide bonds. The van der Waals surface area contributed by atoms with Crippen LogP contribution in [0.4, 0.5) is 5.69 Å². The lowest BCUT2D eigenvalue weighted by atomic mass is 10.3. The maximum absolute atomic E-state index is 8.07. The fourth-order valence-corrected chi connectivity index (χ4v) is 1.73. The number of ether oxygens (including phenoxy) is 5. The van der Waals surface area contributed by atoms with Gasteiger partial charge in [0.15, 0.2) is 0 Å². The van der Waals surface area contributed by atoms with E-state index >= 15 is 0 Å². The molecule has 0 heterocycles. The summed E-state index contributed by atoms with van der Waals surface area (Å²) in [4.78, 5) is 2.63. The van der Waals surface area contributed by atoms with Gasteiger partial charge in [-0.1, -0.05) is 11.2 Å². The highest BCUT2D eigenvalue weighted by molar-refractivity contribution is 5.43. The molecule has 9 nitrogen and oxygen atoms in total. The summed E-state index contributed by atoms with van der Waals surface area (Å²) < 4.78 is 26.8. The number of nitrogens with two attached hydrogens (primary N) is 1. The van der Waals surface area contributed by atoms with Crippen LogP contribution in [0.15, 0.2) is 29.4 Å². The van der Waals surface area contributed by atoms with Crippen molar-refractivity contribution in [3.05, 3.63) is 34.7 Å². The van der Waals surface area contributed by atoms with Gasteiger partial charge in [-0.25, -0.2) is 0 Å². The molecule has 0 saturated heterocycles. The van der Waals surface area contributed by atoms with Crippen molar-refractivity contribution < 1.29 is 23.7 Å². The van der Waals surface area contributed by atoms with Crippen LogP contribution in [0.3, 0.4) is 0 Å². The Balaban J connectivity index is 1.76. The highest BCUT2D eigenvalue weighted by atomic mass is 16.6. The Morgan fingerprint density at radius 1 is 0.840 bits per heavy atom. The Morgan fingerprint density at radius 3 is 1.96 bits per heavy atom. The lowest BCUT2D eigenvalue weighted by Crippen LogP contribution is -2.14. The zero-order valence-electron chi connectivity index (χ0n) is 14.3. The van der Waals surface area contributed by atoms with Crippen molar-refractivity contribution in [3.63, 3.8) is 0 Å². The van der Waals surface area contributed by atoms with Crippen LogP contribution in [0.2, 0.25) is 0 Å². The average Bonchev–Trinajstić information content (AvgIpc) is 2.61. The van der Waals surface area contributed by atoms with E-state index in [4.69, 9.17) is 34.9 Å². The van der Waals surface area contributed by atoms with Gasteiger partial charge in [-0.15, -0.1) is 0 Å². The number of rotatable bonds is 16. The summed E-state index contributed by atoms with van der Waals surface area (Å²) in [5, 5.41) is 3.35. The van der Waals surface area contributed by atoms with Crippen LogP contribution in [-0.4, -0.2) is 66.0 Å². The van der Waals surface area contributed by atoms with Gasteiger partial charge in [0.1, 0.15) is 12.4 Å². The van der Waals surface area contributed by atoms with Gasteiger partial charge in [-0.05, 0) is 17.7 Å². The van der Waals surface area contributed by atoms with Gasteiger partial charge in [-0.3, -0.25) is 0 Å². The SMILES string of the molecule is [N-]=[N+]=NCCOCCOCCOCCOCCOc1cccc(N)c1. The van der Waals surface area contributed by atoms with Crippen molar-refractivity contribution in [3.8, 4) is 5.75 Å². The van der Waals surface area contributed by atoms with Crippen molar-refractivity contribution in [2.24, 2.45) is 5.11 Å². The van der Waals surface area contributed by atoms with Gasteiger partial charge in [-0.2, -0.15) is 0 Å². The second-order valence-corrected chi connectivity index (χ2v) is 4.82. The molecule has 1 aromatic rings. The Hall–Kier alpha value is -2.03. The van der Waals surface area contributed by atoms with Gasteiger partial charge in [0.05, 0.1) is 52.9 Å². The maximum Gasteiger partial charge on any atom is 0.121 e. The fourth-order valence-electron chi connectivity index (χ4n) is 1.73. The zero-order valence-corrected chi connectivity index (χ0v) is 14.3. The minimum absolute atomic E-state index is 0.337. The normalized spacial score (nSPS) is 10.4. The lowest BCUT2D eigenvalue weighted by Gasteiger charge is -2.08. The number of benzene rings is 1. The first-order valence-corrected chi connectivity index (χ1v) is 8.13. The number of nitrogens with zero attached hydrogens (tertiary/aromatic N) is 3. The summed E-state index contributed by atoms with van der Waals surface area (Å²) in [5.41, 5.74) is 14.4. The molecular weight excluding hydrogens is 328 g/mol. The monoisotopic (exact) mass is 354 g/mol. The molecule has 0 atom stereocenters. The Bertz CT molecular complexity index is 497. The predicted molar refractivity (Wildman–Crippen MR) is 93.6 cm³/mol.